The lowest BCUT2D eigenvalue weighted by Crippen LogP contribution is -2.34. The smallest absolute Gasteiger partial charge is 0.407 e. The highest BCUT2D eigenvalue weighted by Crippen LogP contribution is 2.03. The highest BCUT2D eigenvalue weighted by molar-refractivity contribution is 5.67. The van der Waals surface area contributed by atoms with Gasteiger partial charge in [0.25, 0.3) is 0 Å². The second-order valence-corrected chi connectivity index (χ2v) is 7.06. The monoisotopic (exact) mass is 627 g/mol. The van der Waals surface area contributed by atoms with Crippen molar-refractivity contribution in [3.8, 4) is 190 Å². The molecule has 0 unspecified atom stereocenters. The van der Waals surface area contributed by atoms with E-state index in [1.54, 1.807) is 0 Å². The number of ether oxygens (including phenoxy) is 1. The van der Waals surface area contributed by atoms with Crippen LogP contribution in [0.2, 0.25) is 0 Å². The molecule has 1 amide bonds. The molecule has 0 saturated carbocycles. The molecular weight excluding hydrogens is 540 g/mol. The number of nitrogens with zero attached hydrogens (tertiary/aromatic N) is 1. The maximum absolute atomic E-state index is 12.1. The minimum absolute atomic E-state index is 0. The maximum Gasteiger partial charge on any atom is 0.407 e. The molecule has 0 aromatic rings. The Morgan fingerprint density at radius 1 is 0.568 bits per heavy atom. The fraction of sp³-hybridized carbons (Fsp3) is 0.175. The zero-order valence-electron chi connectivity index (χ0n) is 23.8. The second kappa shape index (κ2) is 29.7. The Kier molecular flexibility index (Phi) is 24.5. The normalized spacial score (nSPS) is 6.05. The van der Waals surface area contributed by atoms with Gasteiger partial charge in [0.15, 0.2) is 0 Å². The summed E-state index contributed by atoms with van der Waals surface area (Å²) < 4.78 is 5.43. The summed E-state index contributed by atoms with van der Waals surface area (Å²) in [6.07, 6.45) is 9.13. The van der Waals surface area contributed by atoms with Gasteiger partial charge in [0.1, 0.15) is 6.10 Å². The van der Waals surface area contributed by atoms with Crippen LogP contribution in [0.15, 0.2) is 0 Å². The Labute approximate surface area is 312 Å². The first kappa shape index (κ1) is 36.2. The molecule has 0 aromatic carbocycles. The van der Waals surface area contributed by atoms with E-state index in [0.717, 1.165) is 0 Å². The topological polar surface area (TPSA) is 41.6 Å². The highest BCUT2D eigenvalue weighted by Gasteiger charge is 2.12. The number of nitrogens with one attached hydrogen (secondary N) is 1. The molecule has 0 heterocycles. The van der Waals surface area contributed by atoms with Crippen LogP contribution in [0.5, 0.6) is 0 Å². The molecule has 0 radical (unpaired) electrons. The SMILES string of the molecule is C#CC#CC#CC#CC#CC#CC#CC#CCC(CC#CC#CC#CC#CC#CC#CC#CC#C)OC(=O)NCCN(C)C.[HH].[HH].[HH].[HH].[HH].[HH].[HH].[HH].[HH].[HH].[HH].[HH].[HH].[HH].[HH].[HH].[HH].[HH].[HH].[HH].[HH].[HH].[HH].[HH].[HH].[HH].[HH].[HH].[HH].[HH].[HH].[HH].[HH].[HH]. The fourth-order valence-electron chi connectivity index (χ4n) is 1.91. The number of carbonyl (C=O) groups excluding carboxylic acids is 1. The van der Waals surface area contributed by atoms with Gasteiger partial charge in [0, 0.05) is 74.4 Å². The number of hydrogen-bond acceptors (Lipinski definition) is 3. The third-order valence-corrected chi connectivity index (χ3v) is 3.58. The van der Waals surface area contributed by atoms with E-state index >= 15 is 0 Å². The molecule has 0 aliphatic carbocycles. The first-order valence-electron chi connectivity index (χ1n) is 12.1. The van der Waals surface area contributed by atoms with E-state index in [9.17, 15) is 4.79 Å². The summed E-state index contributed by atoms with van der Waals surface area (Å²) in [5, 5.41) is 2.68. The predicted octanol–water partition coefficient (Wildman–Crippen LogP) is 9.10. The Morgan fingerprint density at radius 3 is 1.16 bits per heavy atom. The largest absolute Gasteiger partial charge is 0.444 e. The van der Waals surface area contributed by atoms with Gasteiger partial charge >= 0.3 is 6.09 Å². The van der Waals surface area contributed by atoms with Gasteiger partial charge in [-0.05, 0) is 180 Å². The van der Waals surface area contributed by atoms with Crippen LogP contribution in [0.25, 0.3) is 0 Å². The molecule has 0 aliphatic rings. The Morgan fingerprint density at radius 2 is 0.864 bits per heavy atom. The van der Waals surface area contributed by atoms with Crippen molar-refractivity contribution in [3.63, 3.8) is 0 Å². The quantitative estimate of drug-likeness (QED) is 0.299. The van der Waals surface area contributed by atoms with Crippen molar-refractivity contribution >= 4 is 6.09 Å². The average molecular weight is 627 g/mol. The van der Waals surface area contributed by atoms with Crippen LogP contribution < -0.4 is 5.32 Å². The van der Waals surface area contributed by atoms with Crippen LogP contribution in [0.3, 0.4) is 0 Å². The number of amides is 1. The third kappa shape index (κ3) is 28.8. The minimum atomic E-state index is -0.606. The fourth-order valence-corrected chi connectivity index (χ4v) is 1.91. The molecule has 4 nitrogen and oxygen atoms in total. The lowest BCUT2D eigenvalue weighted by Gasteiger charge is -2.15. The van der Waals surface area contributed by atoms with Gasteiger partial charge in [-0.3, -0.25) is 0 Å². The summed E-state index contributed by atoms with van der Waals surface area (Å²) in [5.41, 5.74) is 0. The second-order valence-electron chi connectivity index (χ2n) is 7.06. The lowest BCUT2D eigenvalue weighted by molar-refractivity contribution is 0.102. The molecule has 0 saturated heterocycles. The summed E-state index contributed by atoms with van der Waals surface area (Å²) in [5.74, 6) is 74.8. The van der Waals surface area contributed by atoms with Crippen molar-refractivity contribution in [1.82, 2.24) is 10.2 Å². The summed E-state index contributed by atoms with van der Waals surface area (Å²) >= 11 is 0. The number of terminal acetylenes is 2. The number of carbonyl (C=O) groups is 1. The molecule has 44 heavy (non-hydrogen) atoms. The van der Waals surface area contributed by atoms with E-state index in [4.69, 9.17) is 17.6 Å². The summed E-state index contributed by atoms with van der Waals surface area (Å²) in [6, 6.07) is 0. The molecular formula is C40H86N2O2. The lowest BCUT2D eigenvalue weighted by atomic mass is 10.2. The highest BCUT2D eigenvalue weighted by atomic mass is 16.6. The summed E-state index contributed by atoms with van der Waals surface area (Å²) in [6.45, 7) is 1.09. The van der Waals surface area contributed by atoms with Crippen molar-refractivity contribution in [3.05, 3.63) is 0 Å². The zero-order valence-corrected chi connectivity index (χ0v) is 23.8. The van der Waals surface area contributed by atoms with Crippen LogP contribution in [0, 0.1) is 190 Å². The van der Waals surface area contributed by atoms with E-state index < -0.39 is 12.2 Å². The average Bonchev–Trinajstić information content (AvgIpc) is 3.00. The van der Waals surface area contributed by atoms with Gasteiger partial charge in [0.2, 0.25) is 0 Å². The third-order valence-electron chi connectivity index (χ3n) is 3.58. The molecule has 0 rings (SSSR count). The minimum Gasteiger partial charge on any atom is -0.444 e. The van der Waals surface area contributed by atoms with Gasteiger partial charge in [-0.1, -0.05) is 11.8 Å². The number of rotatable bonds is 6. The predicted molar refractivity (Wildman–Crippen MR) is 244 cm³/mol. The van der Waals surface area contributed by atoms with Crippen LogP contribution in [0.1, 0.15) is 61.3 Å². The molecule has 0 aliphatic heterocycles. The van der Waals surface area contributed by atoms with Crippen molar-refractivity contribution in [2.45, 2.75) is 18.9 Å². The van der Waals surface area contributed by atoms with Crippen LogP contribution in [0.4, 0.5) is 4.79 Å². The Bertz CT molecular complexity index is 2010. The summed E-state index contributed by atoms with van der Waals surface area (Å²) in [7, 11) is 3.79. The molecule has 0 atom stereocenters. The first-order chi connectivity index (χ1) is 21.6. The number of hydrogen-bond donors (Lipinski definition) is 1. The molecule has 0 spiro atoms. The molecule has 0 fully saturated rings. The van der Waals surface area contributed by atoms with Crippen molar-refractivity contribution in [2.75, 3.05) is 27.2 Å². The van der Waals surface area contributed by atoms with E-state index in [-0.39, 0.29) is 61.3 Å². The Hall–Kier alpha value is -7.81. The van der Waals surface area contributed by atoms with E-state index in [1.165, 1.54) is 0 Å². The molecule has 0 aromatic heterocycles. The zero-order chi connectivity index (χ0) is 32.2. The number of likely N-dealkylation sites (N-methyl/N-ethyl adjacent to an activating group) is 1. The van der Waals surface area contributed by atoms with E-state index in [1.807, 2.05) is 19.0 Å². The van der Waals surface area contributed by atoms with Gasteiger partial charge in [-0.2, -0.15) is 0 Å². The maximum atomic E-state index is 12.1. The number of alkyl carbamates (subject to hydrolysis) is 1. The van der Waals surface area contributed by atoms with Crippen molar-refractivity contribution in [1.29, 1.82) is 0 Å². The summed E-state index contributed by atoms with van der Waals surface area (Å²) in [4.78, 5) is 14.1. The van der Waals surface area contributed by atoms with Crippen LogP contribution in [-0.2, 0) is 4.74 Å². The molecule has 4 heteroatoms. The molecule has 1 N–H and O–H groups in total. The van der Waals surface area contributed by atoms with Crippen molar-refractivity contribution < 1.29 is 58.0 Å². The van der Waals surface area contributed by atoms with Crippen LogP contribution >= 0.6 is 0 Å². The van der Waals surface area contributed by atoms with Gasteiger partial charge in [-0.25, -0.2) is 4.79 Å². The first-order valence-corrected chi connectivity index (χ1v) is 12.1. The van der Waals surface area contributed by atoms with Gasteiger partial charge in [-0.15, -0.1) is 12.8 Å². The van der Waals surface area contributed by atoms with Crippen molar-refractivity contribution in [2.24, 2.45) is 0 Å². The van der Waals surface area contributed by atoms with Gasteiger partial charge < -0.3 is 15.0 Å². The van der Waals surface area contributed by atoms with E-state index in [0.29, 0.717) is 13.1 Å². The standard InChI is InChI=1S/C40H18N2O2.34H2/c1-5-7-9-11-13-15-17-19-21-23-25-27-29-31-33-35-39(44-40(43)41-37-38-42(3)4)36-34-32-30-28-26-24-22-20-18-16-14-12-10-8-6-2;;;;;;;;;;;;;;;;;;;;;;;;;;;;;;;;;;/h1-2,39H,35-38H2,3-4H3,(H,41,43);34*1H. The van der Waals surface area contributed by atoms with Gasteiger partial charge in [0.05, 0.1) is 0 Å². The molecule has 0 bridgehead atoms. The van der Waals surface area contributed by atoms with Crippen LogP contribution in [-0.4, -0.2) is 44.3 Å². The van der Waals surface area contributed by atoms with E-state index in [2.05, 4.69) is 183 Å². The Balaban J connectivity index is -0.0000000165. The molecule has 268 valence electrons.